The van der Waals surface area contributed by atoms with E-state index >= 15 is 0 Å². The first-order chi connectivity index (χ1) is 9.46. The Balaban J connectivity index is 2.30. The number of carboxylic acid groups (broad SMARTS) is 1. The van der Waals surface area contributed by atoms with Gasteiger partial charge >= 0.3 is 5.97 Å². The third kappa shape index (κ3) is 2.39. The lowest BCUT2D eigenvalue weighted by atomic mass is 9.93. The van der Waals surface area contributed by atoms with Crippen molar-refractivity contribution in [2.75, 3.05) is 6.54 Å². The van der Waals surface area contributed by atoms with Gasteiger partial charge in [-0.1, -0.05) is 13.8 Å². The molecule has 2 heterocycles. The number of halogens is 1. The fraction of sp³-hybridized carbons (Fsp3) is 0.714. The molecule has 20 heavy (non-hydrogen) atoms. The number of nitrogens with zero attached hydrogens (tertiary/aromatic N) is 3. The van der Waals surface area contributed by atoms with E-state index in [2.05, 4.69) is 32.9 Å². The first-order valence-electron chi connectivity index (χ1n) is 7.15. The van der Waals surface area contributed by atoms with Crippen LogP contribution in [-0.4, -0.2) is 37.8 Å². The van der Waals surface area contributed by atoms with Crippen LogP contribution in [0.2, 0.25) is 0 Å². The zero-order valence-corrected chi connectivity index (χ0v) is 13.9. The van der Waals surface area contributed by atoms with E-state index < -0.39 is 11.5 Å². The Hall–Kier alpha value is -0.880. The smallest absolute Gasteiger partial charge is 0.324 e. The summed E-state index contributed by atoms with van der Waals surface area (Å²) in [6.07, 6.45) is 3.18. The van der Waals surface area contributed by atoms with E-state index in [9.17, 15) is 9.90 Å². The first kappa shape index (κ1) is 15.5. The molecule has 1 N–H and O–H groups in total. The number of hydrogen-bond acceptors (Lipinski definition) is 3. The second-order valence-corrected chi connectivity index (χ2v) is 6.19. The van der Waals surface area contributed by atoms with Crippen LogP contribution >= 0.6 is 15.9 Å². The van der Waals surface area contributed by atoms with Crippen LogP contribution in [0.15, 0.2) is 4.47 Å². The average molecular weight is 344 g/mol. The second kappa shape index (κ2) is 5.85. The van der Waals surface area contributed by atoms with Crippen molar-refractivity contribution in [1.29, 1.82) is 0 Å². The molecule has 1 aliphatic heterocycles. The lowest BCUT2D eigenvalue weighted by molar-refractivity contribution is -0.150. The molecular weight excluding hydrogens is 322 g/mol. The molecule has 0 aromatic carbocycles. The van der Waals surface area contributed by atoms with Crippen LogP contribution in [0.4, 0.5) is 0 Å². The van der Waals surface area contributed by atoms with E-state index in [1.54, 1.807) is 0 Å². The van der Waals surface area contributed by atoms with E-state index in [0.717, 1.165) is 41.7 Å². The predicted molar refractivity (Wildman–Crippen MR) is 80.6 cm³/mol. The highest BCUT2D eigenvalue weighted by molar-refractivity contribution is 9.10. The van der Waals surface area contributed by atoms with E-state index in [1.165, 1.54) is 0 Å². The first-order valence-corrected chi connectivity index (χ1v) is 7.94. The number of aromatic nitrogens is 2. The zero-order valence-electron chi connectivity index (χ0n) is 12.3. The summed E-state index contributed by atoms with van der Waals surface area (Å²) in [4.78, 5) is 13.8. The number of aryl methyl sites for hydroxylation is 2. The van der Waals surface area contributed by atoms with E-state index in [-0.39, 0.29) is 0 Å². The molecule has 1 fully saturated rings. The minimum Gasteiger partial charge on any atom is -0.480 e. The summed E-state index contributed by atoms with van der Waals surface area (Å²) in [7, 11) is 1.92. The fourth-order valence-corrected chi connectivity index (χ4v) is 3.87. The standard InChI is InChI=1S/C14H22BrN3O2/c1-4-10-12(15)11(17(3)16-10)9-18-8-6-7-14(18,5-2)13(19)20/h4-9H2,1-3H3,(H,19,20). The maximum atomic E-state index is 11.7. The molecule has 6 heteroatoms. The van der Waals surface area contributed by atoms with Crippen molar-refractivity contribution in [3.05, 3.63) is 15.9 Å². The quantitative estimate of drug-likeness (QED) is 0.892. The van der Waals surface area contributed by atoms with Gasteiger partial charge in [-0.15, -0.1) is 0 Å². The van der Waals surface area contributed by atoms with Crippen LogP contribution < -0.4 is 0 Å². The van der Waals surface area contributed by atoms with Crippen LogP contribution in [0.5, 0.6) is 0 Å². The van der Waals surface area contributed by atoms with Gasteiger partial charge in [0.1, 0.15) is 5.54 Å². The molecule has 2 rings (SSSR count). The van der Waals surface area contributed by atoms with Crippen LogP contribution in [-0.2, 0) is 24.8 Å². The highest BCUT2D eigenvalue weighted by Crippen LogP contribution is 2.35. The Bertz CT molecular complexity index is 515. The van der Waals surface area contributed by atoms with Crippen molar-refractivity contribution in [3.63, 3.8) is 0 Å². The molecule has 0 bridgehead atoms. The molecule has 1 aromatic rings. The molecule has 0 spiro atoms. The van der Waals surface area contributed by atoms with Gasteiger partial charge in [0.15, 0.2) is 0 Å². The summed E-state index contributed by atoms with van der Waals surface area (Å²) in [6.45, 7) is 5.49. The summed E-state index contributed by atoms with van der Waals surface area (Å²) in [6, 6.07) is 0. The van der Waals surface area contributed by atoms with Crippen LogP contribution in [0.3, 0.4) is 0 Å². The minimum atomic E-state index is -0.712. The van der Waals surface area contributed by atoms with E-state index in [1.807, 2.05) is 18.7 Å². The lowest BCUT2D eigenvalue weighted by Crippen LogP contribution is -2.49. The van der Waals surface area contributed by atoms with Gasteiger partial charge in [0.05, 0.1) is 15.9 Å². The molecule has 1 atom stereocenters. The van der Waals surface area contributed by atoms with Gasteiger partial charge in [0, 0.05) is 13.6 Å². The Morgan fingerprint density at radius 1 is 1.50 bits per heavy atom. The molecule has 5 nitrogen and oxygen atoms in total. The Labute approximate surface area is 128 Å². The van der Waals surface area contributed by atoms with Crippen molar-refractivity contribution in [2.45, 2.75) is 51.6 Å². The molecule has 1 aliphatic rings. The van der Waals surface area contributed by atoms with Gasteiger partial charge in [-0.25, -0.2) is 0 Å². The normalized spacial score (nSPS) is 23.4. The van der Waals surface area contributed by atoms with Gasteiger partial charge in [-0.3, -0.25) is 14.4 Å². The molecule has 0 amide bonds. The topological polar surface area (TPSA) is 58.4 Å². The maximum Gasteiger partial charge on any atom is 0.324 e. The van der Waals surface area contributed by atoms with Crippen LogP contribution in [0.1, 0.15) is 44.5 Å². The molecule has 0 radical (unpaired) electrons. The monoisotopic (exact) mass is 343 g/mol. The Kier molecular flexibility index (Phi) is 4.54. The summed E-state index contributed by atoms with van der Waals surface area (Å²) < 4.78 is 2.88. The highest BCUT2D eigenvalue weighted by atomic mass is 79.9. The summed E-state index contributed by atoms with van der Waals surface area (Å²) in [5.41, 5.74) is 1.37. The molecule has 1 saturated heterocycles. The van der Waals surface area contributed by atoms with Crippen molar-refractivity contribution in [1.82, 2.24) is 14.7 Å². The largest absolute Gasteiger partial charge is 0.480 e. The van der Waals surface area contributed by atoms with Crippen molar-refractivity contribution in [2.24, 2.45) is 7.05 Å². The number of aliphatic carboxylic acids is 1. The third-order valence-electron chi connectivity index (χ3n) is 4.45. The zero-order chi connectivity index (χ0) is 14.9. The Morgan fingerprint density at radius 2 is 2.20 bits per heavy atom. The second-order valence-electron chi connectivity index (χ2n) is 5.40. The van der Waals surface area contributed by atoms with Gasteiger partial charge in [0.25, 0.3) is 0 Å². The van der Waals surface area contributed by atoms with Gasteiger partial charge in [-0.05, 0) is 48.2 Å². The predicted octanol–water partition coefficient (Wildman–Crippen LogP) is 2.57. The molecule has 1 aromatic heterocycles. The number of carbonyl (C=O) groups is 1. The van der Waals surface area contributed by atoms with Crippen LogP contribution in [0, 0.1) is 0 Å². The van der Waals surface area contributed by atoms with E-state index in [4.69, 9.17) is 0 Å². The van der Waals surface area contributed by atoms with Crippen molar-refractivity contribution in [3.8, 4) is 0 Å². The van der Waals surface area contributed by atoms with Crippen LogP contribution in [0.25, 0.3) is 0 Å². The van der Waals surface area contributed by atoms with Gasteiger partial charge in [-0.2, -0.15) is 5.10 Å². The fourth-order valence-electron chi connectivity index (χ4n) is 3.13. The number of rotatable bonds is 5. The molecule has 0 aliphatic carbocycles. The third-order valence-corrected chi connectivity index (χ3v) is 5.37. The summed E-state index contributed by atoms with van der Waals surface area (Å²) >= 11 is 3.61. The van der Waals surface area contributed by atoms with E-state index in [0.29, 0.717) is 13.0 Å². The van der Waals surface area contributed by atoms with Crippen molar-refractivity contribution < 1.29 is 9.90 Å². The number of likely N-dealkylation sites (tertiary alicyclic amines) is 1. The molecular formula is C14H22BrN3O2. The molecule has 0 saturated carbocycles. The van der Waals surface area contributed by atoms with Gasteiger partial charge in [0.2, 0.25) is 0 Å². The lowest BCUT2D eigenvalue weighted by Gasteiger charge is -2.33. The molecule has 1 unspecified atom stereocenters. The SMILES string of the molecule is CCc1nn(C)c(CN2CCCC2(CC)C(=O)O)c1Br. The summed E-state index contributed by atoms with van der Waals surface area (Å²) in [5.74, 6) is -0.702. The molecule has 112 valence electrons. The average Bonchev–Trinajstić information content (AvgIpc) is 2.95. The minimum absolute atomic E-state index is 0.629. The summed E-state index contributed by atoms with van der Waals surface area (Å²) in [5, 5.41) is 14.1. The highest BCUT2D eigenvalue weighted by Gasteiger charge is 2.46. The van der Waals surface area contributed by atoms with Crippen molar-refractivity contribution >= 4 is 21.9 Å². The van der Waals surface area contributed by atoms with Gasteiger partial charge < -0.3 is 5.11 Å². The number of hydrogen-bond donors (Lipinski definition) is 1. The maximum absolute atomic E-state index is 11.7. The Morgan fingerprint density at radius 3 is 2.70 bits per heavy atom. The number of carboxylic acids is 1.